The molecule has 98 valence electrons. The molecule has 1 aliphatic carbocycles. The van der Waals surface area contributed by atoms with Gasteiger partial charge in [0.2, 0.25) is 0 Å². The highest BCUT2D eigenvalue weighted by atomic mass is 32.1. The number of hydrogen-bond acceptors (Lipinski definition) is 2. The Morgan fingerprint density at radius 2 is 1.76 bits per heavy atom. The molecule has 1 aliphatic rings. The Bertz CT molecular complexity index is 273. The lowest BCUT2D eigenvalue weighted by molar-refractivity contribution is 0.228. The van der Waals surface area contributed by atoms with E-state index in [1.54, 1.807) is 0 Å². The van der Waals surface area contributed by atoms with Gasteiger partial charge in [-0.05, 0) is 19.8 Å². The van der Waals surface area contributed by atoms with Crippen LogP contribution < -0.4 is 16.4 Å². The summed E-state index contributed by atoms with van der Waals surface area (Å²) in [6.45, 7) is 2.50. The van der Waals surface area contributed by atoms with Crippen molar-refractivity contribution in [1.29, 1.82) is 0 Å². The fourth-order valence-electron chi connectivity index (χ4n) is 2.36. The minimum atomic E-state index is -0.477. The van der Waals surface area contributed by atoms with Crippen LogP contribution in [0.4, 0.5) is 4.79 Å². The van der Waals surface area contributed by atoms with E-state index in [0.29, 0.717) is 11.5 Å². The number of thiocarbonyl (C=S) groups is 1. The molecule has 4 N–H and O–H groups in total. The maximum Gasteiger partial charge on any atom is 0.315 e. The molecule has 1 rings (SSSR count). The predicted octanol–water partition coefficient (Wildman–Crippen LogP) is 2.07. The van der Waals surface area contributed by atoms with Crippen molar-refractivity contribution < 1.29 is 4.79 Å². The van der Waals surface area contributed by atoms with Crippen molar-refractivity contribution in [2.45, 2.75) is 57.4 Å². The van der Waals surface area contributed by atoms with Gasteiger partial charge >= 0.3 is 6.03 Å². The summed E-state index contributed by atoms with van der Waals surface area (Å²) in [7, 11) is 0. The van der Waals surface area contributed by atoms with Crippen LogP contribution in [0.25, 0.3) is 0 Å². The third-order valence-corrected chi connectivity index (χ3v) is 3.76. The summed E-state index contributed by atoms with van der Waals surface area (Å²) in [5.74, 6) is 0. The SMILES string of the molecule is CCNC(=O)NC1(C(N)=S)CCCCCCC1. The van der Waals surface area contributed by atoms with Gasteiger partial charge in [-0.3, -0.25) is 0 Å². The van der Waals surface area contributed by atoms with Crippen LogP contribution >= 0.6 is 12.2 Å². The number of carbonyl (C=O) groups is 1. The van der Waals surface area contributed by atoms with Crippen LogP contribution in [0.15, 0.2) is 0 Å². The molecule has 0 radical (unpaired) electrons. The molecule has 0 spiro atoms. The van der Waals surface area contributed by atoms with E-state index in [2.05, 4.69) is 10.6 Å². The summed E-state index contributed by atoms with van der Waals surface area (Å²) in [4.78, 5) is 12.1. The first-order chi connectivity index (χ1) is 8.10. The van der Waals surface area contributed by atoms with Gasteiger partial charge in [-0.25, -0.2) is 4.79 Å². The summed E-state index contributed by atoms with van der Waals surface area (Å²) in [6, 6.07) is -0.166. The number of nitrogens with one attached hydrogen (secondary N) is 2. The maximum absolute atomic E-state index is 11.7. The molecule has 0 bridgehead atoms. The molecule has 1 saturated carbocycles. The zero-order valence-corrected chi connectivity index (χ0v) is 11.4. The van der Waals surface area contributed by atoms with Gasteiger partial charge in [0.1, 0.15) is 0 Å². The Hall–Kier alpha value is -0.840. The first-order valence-corrected chi connectivity index (χ1v) is 6.87. The number of urea groups is 1. The Balaban J connectivity index is 2.71. The molecule has 0 atom stereocenters. The van der Waals surface area contributed by atoms with Crippen LogP contribution in [0.3, 0.4) is 0 Å². The largest absolute Gasteiger partial charge is 0.391 e. The van der Waals surface area contributed by atoms with E-state index < -0.39 is 5.54 Å². The monoisotopic (exact) mass is 257 g/mol. The number of hydrogen-bond donors (Lipinski definition) is 3. The number of rotatable bonds is 3. The van der Waals surface area contributed by atoms with E-state index in [1.165, 1.54) is 19.3 Å². The Morgan fingerprint density at radius 1 is 1.24 bits per heavy atom. The second-order valence-electron chi connectivity index (χ2n) is 4.70. The summed E-state index contributed by atoms with van der Waals surface area (Å²) >= 11 is 5.17. The van der Waals surface area contributed by atoms with Gasteiger partial charge in [-0.2, -0.15) is 0 Å². The third kappa shape index (κ3) is 4.15. The quantitative estimate of drug-likeness (QED) is 0.678. The molecule has 4 nitrogen and oxygen atoms in total. The van der Waals surface area contributed by atoms with Crippen molar-refractivity contribution in [2.75, 3.05) is 6.54 Å². The lowest BCUT2D eigenvalue weighted by Gasteiger charge is -2.35. The predicted molar refractivity (Wildman–Crippen MR) is 74.0 cm³/mol. The second kappa shape index (κ2) is 6.79. The fraction of sp³-hybridized carbons (Fsp3) is 0.833. The van der Waals surface area contributed by atoms with E-state index in [0.717, 1.165) is 25.7 Å². The average molecular weight is 257 g/mol. The Labute approximate surface area is 109 Å². The van der Waals surface area contributed by atoms with Crippen molar-refractivity contribution in [1.82, 2.24) is 10.6 Å². The molecule has 5 heteroatoms. The molecule has 2 amide bonds. The second-order valence-corrected chi connectivity index (χ2v) is 5.14. The zero-order valence-electron chi connectivity index (χ0n) is 10.6. The van der Waals surface area contributed by atoms with Gasteiger partial charge in [-0.1, -0.05) is 44.3 Å². The van der Waals surface area contributed by atoms with Crippen LogP contribution in [-0.2, 0) is 0 Å². The molecule has 0 aromatic heterocycles. The maximum atomic E-state index is 11.7. The topological polar surface area (TPSA) is 67.2 Å². The number of carbonyl (C=O) groups excluding carboxylic acids is 1. The summed E-state index contributed by atoms with van der Waals surface area (Å²) in [5.41, 5.74) is 5.38. The van der Waals surface area contributed by atoms with Gasteiger partial charge in [0.25, 0.3) is 0 Å². The summed E-state index contributed by atoms with van der Waals surface area (Å²) in [6.07, 6.45) is 7.53. The lowest BCUT2D eigenvalue weighted by Crippen LogP contribution is -2.59. The molecule has 0 heterocycles. The Morgan fingerprint density at radius 3 is 2.24 bits per heavy atom. The summed E-state index contributed by atoms with van der Waals surface area (Å²) in [5, 5.41) is 5.73. The first-order valence-electron chi connectivity index (χ1n) is 6.46. The highest BCUT2D eigenvalue weighted by Crippen LogP contribution is 2.26. The van der Waals surface area contributed by atoms with Crippen LogP contribution in [0, 0.1) is 0 Å². The molecular formula is C12H23N3OS. The zero-order chi connectivity index (χ0) is 12.7. The van der Waals surface area contributed by atoms with Crippen molar-refractivity contribution in [3.8, 4) is 0 Å². The first kappa shape index (κ1) is 14.2. The molecule has 0 aromatic carbocycles. The van der Waals surface area contributed by atoms with Gasteiger partial charge in [-0.15, -0.1) is 0 Å². The average Bonchev–Trinajstić information content (AvgIpc) is 2.22. The molecular weight excluding hydrogens is 234 g/mol. The minimum absolute atomic E-state index is 0.166. The highest BCUT2D eigenvalue weighted by molar-refractivity contribution is 7.80. The van der Waals surface area contributed by atoms with Crippen LogP contribution in [-0.4, -0.2) is 23.1 Å². The molecule has 0 aliphatic heterocycles. The highest BCUT2D eigenvalue weighted by Gasteiger charge is 2.34. The van der Waals surface area contributed by atoms with Crippen molar-refractivity contribution in [2.24, 2.45) is 5.73 Å². The van der Waals surface area contributed by atoms with Gasteiger partial charge in [0, 0.05) is 6.54 Å². The lowest BCUT2D eigenvalue weighted by atomic mass is 9.84. The van der Waals surface area contributed by atoms with E-state index >= 15 is 0 Å². The van der Waals surface area contributed by atoms with Crippen LogP contribution in [0.1, 0.15) is 51.9 Å². The van der Waals surface area contributed by atoms with E-state index in [-0.39, 0.29) is 6.03 Å². The van der Waals surface area contributed by atoms with E-state index in [4.69, 9.17) is 18.0 Å². The normalized spacial score (nSPS) is 19.8. The van der Waals surface area contributed by atoms with Crippen molar-refractivity contribution in [3.05, 3.63) is 0 Å². The van der Waals surface area contributed by atoms with Crippen LogP contribution in [0.2, 0.25) is 0 Å². The molecule has 0 unspecified atom stereocenters. The molecule has 1 fully saturated rings. The van der Waals surface area contributed by atoms with Gasteiger partial charge in [0.15, 0.2) is 0 Å². The minimum Gasteiger partial charge on any atom is -0.391 e. The van der Waals surface area contributed by atoms with Crippen molar-refractivity contribution in [3.63, 3.8) is 0 Å². The Kier molecular flexibility index (Phi) is 5.68. The fourth-order valence-corrected chi connectivity index (χ4v) is 2.62. The summed E-state index contributed by atoms with van der Waals surface area (Å²) < 4.78 is 0. The van der Waals surface area contributed by atoms with E-state index in [1.807, 2.05) is 6.92 Å². The molecule has 17 heavy (non-hydrogen) atoms. The van der Waals surface area contributed by atoms with Gasteiger partial charge < -0.3 is 16.4 Å². The van der Waals surface area contributed by atoms with Gasteiger partial charge in [0.05, 0.1) is 10.5 Å². The number of amides is 2. The van der Waals surface area contributed by atoms with Crippen LogP contribution in [0.5, 0.6) is 0 Å². The smallest absolute Gasteiger partial charge is 0.315 e. The molecule has 0 aromatic rings. The van der Waals surface area contributed by atoms with E-state index in [9.17, 15) is 4.79 Å². The van der Waals surface area contributed by atoms with Crippen molar-refractivity contribution >= 4 is 23.2 Å². The third-order valence-electron chi connectivity index (χ3n) is 3.37. The standard InChI is InChI=1S/C12H23N3OS/c1-2-14-11(16)15-12(10(13)17)8-6-4-3-5-7-9-12/h2-9H2,1H3,(H2,13,17)(H2,14,15,16). The molecule has 0 saturated heterocycles. The number of nitrogens with two attached hydrogens (primary N) is 1.